The van der Waals surface area contributed by atoms with Gasteiger partial charge in [-0.25, -0.2) is 8.42 Å². The summed E-state index contributed by atoms with van der Waals surface area (Å²) in [5.74, 6) is -0.991. The van der Waals surface area contributed by atoms with Crippen molar-refractivity contribution in [1.29, 1.82) is 0 Å². The Morgan fingerprint density at radius 1 is 1.14 bits per heavy atom. The highest BCUT2D eigenvalue weighted by Gasteiger charge is 2.23. The summed E-state index contributed by atoms with van der Waals surface area (Å²) in [5, 5.41) is 3.00. The predicted molar refractivity (Wildman–Crippen MR) is 83.1 cm³/mol. The smallest absolute Gasteiger partial charge is 0.235 e. The second-order valence-corrected chi connectivity index (χ2v) is 7.81. The fourth-order valence-electron chi connectivity index (χ4n) is 2.64. The summed E-state index contributed by atoms with van der Waals surface area (Å²) in [5.41, 5.74) is 0. The number of carbonyl (C=O) groups is 1. The number of hydrogen-bond acceptors (Lipinski definition) is 3. The molecule has 0 aliphatic heterocycles. The number of benzene rings is 1. The summed E-state index contributed by atoms with van der Waals surface area (Å²) in [7, 11) is -3.69. The van der Waals surface area contributed by atoms with Crippen LogP contribution in [-0.4, -0.2) is 26.1 Å². The van der Waals surface area contributed by atoms with Crippen LogP contribution in [0.1, 0.15) is 38.5 Å². The minimum Gasteiger partial charge on any atom is -0.352 e. The molecular formula is C15H20ClNO3S. The molecule has 116 valence electrons. The molecule has 0 atom stereocenters. The van der Waals surface area contributed by atoms with Crippen LogP contribution in [0.15, 0.2) is 29.2 Å². The number of sulfone groups is 1. The Morgan fingerprint density at radius 3 is 2.38 bits per heavy atom. The predicted octanol–water partition coefficient (Wildman–Crippen LogP) is 2.95. The van der Waals surface area contributed by atoms with E-state index in [-0.39, 0.29) is 16.0 Å². The Hall–Kier alpha value is -1.07. The minimum absolute atomic E-state index is 0.0164. The number of hydrogen-bond donors (Lipinski definition) is 1. The highest BCUT2D eigenvalue weighted by molar-refractivity contribution is 7.92. The van der Waals surface area contributed by atoms with Gasteiger partial charge < -0.3 is 5.32 Å². The molecule has 0 radical (unpaired) electrons. The molecule has 0 heterocycles. The van der Waals surface area contributed by atoms with E-state index in [9.17, 15) is 13.2 Å². The van der Waals surface area contributed by atoms with E-state index >= 15 is 0 Å². The molecule has 0 bridgehead atoms. The Labute approximate surface area is 130 Å². The third-order valence-corrected chi connectivity index (χ3v) is 5.82. The Bertz CT molecular complexity index is 593. The molecule has 0 saturated heterocycles. The van der Waals surface area contributed by atoms with Crippen molar-refractivity contribution in [2.24, 2.45) is 0 Å². The lowest BCUT2D eigenvalue weighted by Crippen LogP contribution is -2.38. The van der Waals surface area contributed by atoms with E-state index in [0.717, 1.165) is 25.7 Å². The zero-order valence-corrected chi connectivity index (χ0v) is 13.4. The van der Waals surface area contributed by atoms with Gasteiger partial charge in [-0.15, -0.1) is 0 Å². The fourth-order valence-corrected chi connectivity index (χ4v) is 4.36. The van der Waals surface area contributed by atoms with Crippen molar-refractivity contribution in [2.45, 2.75) is 49.5 Å². The SMILES string of the molecule is O=C(CS(=O)(=O)c1ccccc1Cl)NC1CCCCCC1. The summed E-state index contributed by atoms with van der Waals surface area (Å²) in [6, 6.07) is 6.30. The Balaban J connectivity index is 2.00. The van der Waals surface area contributed by atoms with E-state index < -0.39 is 21.5 Å². The molecule has 1 aliphatic carbocycles. The van der Waals surface area contributed by atoms with Crippen LogP contribution in [-0.2, 0) is 14.6 Å². The summed E-state index contributed by atoms with van der Waals surface area (Å²) < 4.78 is 24.5. The van der Waals surface area contributed by atoms with Crippen LogP contribution in [0.3, 0.4) is 0 Å². The van der Waals surface area contributed by atoms with Gasteiger partial charge in [0.1, 0.15) is 5.75 Å². The van der Waals surface area contributed by atoms with E-state index in [1.807, 2.05) is 0 Å². The van der Waals surface area contributed by atoms with Gasteiger partial charge in [0, 0.05) is 6.04 Å². The lowest BCUT2D eigenvalue weighted by molar-refractivity contribution is -0.119. The van der Waals surface area contributed by atoms with Crippen LogP contribution >= 0.6 is 11.6 Å². The third kappa shape index (κ3) is 4.71. The maximum Gasteiger partial charge on any atom is 0.235 e. The first-order chi connectivity index (χ1) is 9.99. The average Bonchev–Trinajstić information content (AvgIpc) is 2.66. The van der Waals surface area contributed by atoms with Crippen molar-refractivity contribution in [1.82, 2.24) is 5.32 Å². The van der Waals surface area contributed by atoms with E-state index in [0.29, 0.717) is 0 Å². The fraction of sp³-hybridized carbons (Fsp3) is 0.533. The van der Waals surface area contributed by atoms with Crippen molar-refractivity contribution < 1.29 is 13.2 Å². The van der Waals surface area contributed by atoms with E-state index in [4.69, 9.17) is 11.6 Å². The van der Waals surface area contributed by atoms with Gasteiger partial charge in [0.15, 0.2) is 9.84 Å². The summed E-state index contributed by atoms with van der Waals surface area (Å²) in [6.45, 7) is 0. The lowest BCUT2D eigenvalue weighted by atomic mass is 10.1. The van der Waals surface area contributed by atoms with Gasteiger partial charge in [0.25, 0.3) is 0 Å². The molecule has 21 heavy (non-hydrogen) atoms. The average molecular weight is 330 g/mol. The van der Waals surface area contributed by atoms with Gasteiger partial charge in [-0.1, -0.05) is 49.4 Å². The molecule has 0 aromatic heterocycles. The maximum absolute atomic E-state index is 12.2. The molecule has 1 aromatic carbocycles. The van der Waals surface area contributed by atoms with Crippen molar-refractivity contribution in [3.8, 4) is 0 Å². The number of rotatable bonds is 4. The van der Waals surface area contributed by atoms with E-state index in [1.165, 1.54) is 25.0 Å². The molecule has 1 amide bonds. The molecule has 1 aromatic rings. The zero-order valence-electron chi connectivity index (χ0n) is 11.8. The first-order valence-electron chi connectivity index (χ1n) is 7.26. The standard InChI is InChI=1S/C15H20ClNO3S/c16-13-9-5-6-10-14(13)21(19,20)11-15(18)17-12-7-3-1-2-4-8-12/h5-6,9-10,12H,1-4,7-8,11H2,(H,17,18). The molecule has 4 nitrogen and oxygen atoms in total. The molecule has 1 N–H and O–H groups in total. The highest BCUT2D eigenvalue weighted by Crippen LogP contribution is 2.22. The van der Waals surface area contributed by atoms with Crippen LogP contribution < -0.4 is 5.32 Å². The normalized spacial score (nSPS) is 17.2. The van der Waals surface area contributed by atoms with Crippen LogP contribution in [0.25, 0.3) is 0 Å². The largest absolute Gasteiger partial charge is 0.352 e. The number of halogens is 1. The number of carbonyl (C=O) groups excluding carboxylic acids is 1. The van der Waals surface area contributed by atoms with Crippen molar-refractivity contribution in [3.63, 3.8) is 0 Å². The first kappa shape index (κ1) is 16.3. The first-order valence-corrected chi connectivity index (χ1v) is 9.29. The maximum atomic E-state index is 12.2. The van der Waals surface area contributed by atoms with Gasteiger partial charge in [-0.2, -0.15) is 0 Å². The number of amides is 1. The summed E-state index contributed by atoms with van der Waals surface area (Å²) in [4.78, 5) is 12.0. The van der Waals surface area contributed by atoms with Crippen LogP contribution in [0, 0.1) is 0 Å². The van der Waals surface area contributed by atoms with Gasteiger partial charge in [-0.05, 0) is 25.0 Å². The monoisotopic (exact) mass is 329 g/mol. The van der Waals surface area contributed by atoms with Gasteiger partial charge >= 0.3 is 0 Å². The number of nitrogens with one attached hydrogen (secondary N) is 1. The summed E-state index contributed by atoms with van der Waals surface area (Å²) >= 11 is 5.89. The third-order valence-electron chi connectivity index (χ3n) is 3.71. The van der Waals surface area contributed by atoms with Crippen molar-refractivity contribution in [3.05, 3.63) is 29.3 Å². The lowest BCUT2D eigenvalue weighted by Gasteiger charge is -2.16. The van der Waals surface area contributed by atoms with Gasteiger partial charge in [0.2, 0.25) is 5.91 Å². The van der Waals surface area contributed by atoms with Crippen LogP contribution in [0.5, 0.6) is 0 Å². The molecule has 1 saturated carbocycles. The second-order valence-electron chi connectivity index (χ2n) is 5.45. The summed E-state index contributed by atoms with van der Waals surface area (Å²) in [6.07, 6.45) is 6.40. The molecule has 1 aliphatic rings. The molecule has 2 rings (SSSR count). The van der Waals surface area contributed by atoms with Crippen LogP contribution in [0.2, 0.25) is 5.02 Å². The van der Waals surface area contributed by atoms with Gasteiger partial charge in [0.05, 0.1) is 9.92 Å². The zero-order chi connectivity index (χ0) is 15.3. The Morgan fingerprint density at radius 2 is 1.76 bits per heavy atom. The molecule has 1 fully saturated rings. The Kier molecular flexibility index (Phi) is 5.65. The van der Waals surface area contributed by atoms with Crippen molar-refractivity contribution in [2.75, 3.05) is 5.75 Å². The van der Waals surface area contributed by atoms with E-state index in [1.54, 1.807) is 12.1 Å². The van der Waals surface area contributed by atoms with Crippen LogP contribution in [0.4, 0.5) is 0 Å². The van der Waals surface area contributed by atoms with Crippen molar-refractivity contribution >= 4 is 27.3 Å². The quantitative estimate of drug-likeness (QED) is 0.864. The molecule has 6 heteroatoms. The molecule has 0 spiro atoms. The minimum atomic E-state index is -3.69. The molecular weight excluding hydrogens is 310 g/mol. The van der Waals surface area contributed by atoms with E-state index in [2.05, 4.69) is 5.32 Å². The highest BCUT2D eigenvalue weighted by atomic mass is 35.5. The topological polar surface area (TPSA) is 63.2 Å². The van der Waals surface area contributed by atoms with Gasteiger partial charge in [-0.3, -0.25) is 4.79 Å². The second kappa shape index (κ2) is 7.27. The molecule has 0 unspecified atom stereocenters.